The zero-order valence-electron chi connectivity index (χ0n) is 8.22. The number of halogens is 1. The zero-order valence-corrected chi connectivity index (χ0v) is 9.79. The standard InChI is InChI=1S/C10H9ClN4S/c11-7-2-1-3-8(4-7)16-10-6-13-5-9(14-10)15-12/h1-6H,12H2,(H,14,15). The topological polar surface area (TPSA) is 63.8 Å². The number of anilines is 1. The third-order valence-electron chi connectivity index (χ3n) is 1.78. The number of hydrogen-bond acceptors (Lipinski definition) is 5. The molecule has 82 valence electrons. The van der Waals surface area contributed by atoms with Gasteiger partial charge in [-0.25, -0.2) is 10.8 Å². The van der Waals surface area contributed by atoms with E-state index in [9.17, 15) is 0 Å². The summed E-state index contributed by atoms with van der Waals surface area (Å²) in [5.41, 5.74) is 2.45. The van der Waals surface area contributed by atoms with Gasteiger partial charge in [0.1, 0.15) is 5.03 Å². The molecular formula is C10H9ClN4S. The molecule has 0 atom stereocenters. The number of hydrogen-bond donors (Lipinski definition) is 2. The lowest BCUT2D eigenvalue weighted by Gasteiger charge is -2.03. The van der Waals surface area contributed by atoms with Crippen LogP contribution in [0.15, 0.2) is 46.6 Å². The van der Waals surface area contributed by atoms with Crippen LogP contribution in [0.3, 0.4) is 0 Å². The Hall–Kier alpha value is -1.30. The summed E-state index contributed by atoms with van der Waals surface area (Å²) in [6.45, 7) is 0. The fourth-order valence-electron chi connectivity index (χ4n) is 1.12. The van der Waals surface area contributed by atoms with Crippen LogP contribution in [0.25, 0.3) is 0 Å². The van der Waals surface area contributed by atoms with Crippen molar-refractivity contribution in [1.82, 2.24) is 9.97 Å². The highest BCUT2D eigenvalue weighted by molar-refractivity contribution is 7.99. The van der Waals surface area contributed by atoms with Crippen LogP contribution < -0.4 is 11.3 Å². The smallest absolute Gasteiger partial charge is 0.159 e. The van der Waals surface area contributed by atoms with Gasteiger partial charge in [0.05, 0.1) is 12.4 Å². The Morgan fingerprint density at radius 3 is 2.94 bits per heavy atom. The summed E-state index contributed by atoms with van der Waals surface area (Å²) >= 11 is 7.37. The lowest BCUT2D eigenvalue weighted by molar-refractivity contribution is 1.04. The summed E-state index contributed by atoms with van der Waals surface area (Å²) in [7, 11) is 0. The first-order valence-electron chi connectivity index (χ1n) is 4.50. The van der Waals surface area contributed by atoms with Crippen LogP contribution in [0.2, 0.25) is 5.02 Å². The molecule has 0 saturated heterocycles. The van der Waals surface area contributed by atoms with Crippen molar-refractivity contribution in [3.05, 3.63) is 41.7 Å². The first-order valence-corrected chi connectivity index (χ1v) is 5.69. The van der Waals surface area contributed by atoms with Crippen molar-refractivity contribution in [2.45, 2.75) is 9.92 Å². The van der Waals surface area contributed by atoms with E-state index >= 15 is 0 Å². The largest absolute Gasteiger partial charge is 0.307 e. The number of nitrogens with two attached hydrogens (primary N) is 1. The SMILES string of the molecule is NNc1cncc(Sc2cccc(Cl)c2)n1. The number of aromatic nitrogens is 2. The van der Waals surface area contributed by atoms with Crippen molar-refractivity contribution in [1.29, 1.82) is 0 Å². The van der Waals surface area contributed by atoms with Crippen molar-refractivity contribution < 1.29 is 0 Å². The maximum absolute atomic E-state index is 5.89. The quantitative estimate of drug-likeness (QED) is 0.649. The third kappa shape index (κ3) is 2.85. The highest BCUT2D eigenvalue weighted by Gasteiger charge is 2.01. The summed E-state index contributed by atoms with van der Waals surface area (Å²) in [4.78, 5) is 9.26. The van der Waals surface area contributed by atoms with Crippen molar-refractivity contribution in [2.24, 2.45) is 5.84 Å². The Morgan fingerprint density at radius 2 is 2.19 bits per heavy atom. The average molecular weight is 253 g/mol. The molecule has 0 bridgehead atoms. The molecule has 3 N–H and O–H groups in total. The molecule has 1 aromatic heterocycles. The zero-order chi connectivity index (χ0) is 11.4. The molecule has 0 saturated carbocycles. The molecule has 4 nitrogen and oxygen atoms in total. The van der Waals surface area contributed by atoms with Crippen molar-refractivity contribution in [3.8, 4) is 0 Å². The highest BCUT2D eigenvalue weighted by Crippen LogP contribution is 2.27. The number of rotatable bonds is 3. The first-order chi connectivity index (χ1) is 7.78. The van der Waals surface area contributed by atoms with Crippen molar-refractivity contribution in [2.75, 3.05) is 5.43 Å². The Kier molecular flexibility index (Phi) is 3.61. The normalized spacial score (nSPS) is 10.1. The second-order valence-electron chi connectivity index (χ2n) is 2.95. The molecule has 2 rings (SSSR count). The summed E-state index contributed by atoms with van der Waals surface area (Å²) in [6, 6.07) is 7.55. The van der Waals surface area contributed by atoms with Gasteiger partial charge in [0.15, 0.2) is 5.82 Å². The van der Waals surface area contributed by atoms with E-state index in [0.717, 1.165) is 9.92 Å². The molecular weight excluding hydrogens is 244 g/mol. The van der Waals surface area contributed by atoms with Crippen molar-refractivity contribution in [3.63, 3.8) is 0 Å². The van der Waals surface area contributed by atoms with Gasteiger partial charge in [0.2, 0.25) is 0 Å². The van der Waals surface area contributed by atoms with Gasteiger partial charge in [-0.15, -0.1) is 0 Å². The van der Waals surface area contributed by atoms with E-state index in [0.29, 0.717) is 10.8 Å². The Bertz CT molecular complexity index is 492. The fraction of sp³-hybridized carbons (Fsp3) is 0. The van der Waals surface area contributed by atoms with Gasteiger partial charge in [0.25, 0.3) is 0 Å². The summed E-state index contributed by atoms with van der Waals surface area (Å²) in [6.07, 6.45) is 3.23. The predicted octanol–water partition coefficient (Wildman–Crippen LogP) is 2.57. The molecule has 16 heavy (non-hydrogen) atoms. The molecule has 0 fully saturated rings. The fourth-order valence-corrected chi connectivity index (χ4v) is 2.20. The van der Waals surface area contributed by atoms with Gasteiger partial charge in [0, 0.05) is 9.92 Å². The van der Waals surface area contributed by atoms with Gasteiger partial charge in [-0.2, -0.15) is 0 Å². The van der Waals surface area contributed by atoms with Crippen LogP contribution in [0.4, 0.5) is 5.82 Å². The van der Waals surface area contributed by atoms with Crippen LogP contribution in [0, 0.1) is 0 Å². The lowest BCUT2D eigenvalue weighted by Crippen LogP contribution is -2.08. The highest BCUT2D eigenvalue weighted by atomic mass is 35.5. The predicted molar refractivity (Wildman–Crippen MR) is 65.4 cm³/mol. The second kappa shape index (κ2) is 5.16. The molecule has 1 heterocycles. The van der Waals surface area contributed by atoms with Crippen LogP contribution in [-0.2, 0) is 0 Å². The van der Waals surface area contributed by atoms with Crippen LogP contribution in [0.5, 0.6) is 0 Å². The molecule has 1 aromatic carbocycles. The number of nitrogen functional groups attached to an aromatic ring is 1. The number of nitrogens with zero attached hydrogens (tertiary/aromatic N) is 2. The number of nitrogens with one attached hydrogen (secondary N) is 1. The van der Waals surface area contributed by atoms with Gasteiger partial charge in [-0.1, -0.05) is 29.4 Å². The van der Waals surface area contributed by atoms with E-state index in [4.69, 9.17) is 17.4 Å². The monoisotopic (exact) mass is 252 g/mol. The van der Waals surface area contributed by atoms with Crippen molar-refractivity contribution >= 4 is 29.2 Å². The molecule has 0 unspecified atom stereocenters. The van der Waals surface area contributed by atoms with Gasteiger partial charge in [-0.05, 0) is 18.2 Å². The van der Waals surface area contributed by atoms with E-state index in [2.05, 4.69) is 15.4 Å². The Morgan fingerprint density at radius 1 is 1.31 bits per heavy atom. The minimum atomic E-state index is 0.534. The average Bonchev–Trinajstić information content (AvgIpc) is 2.29. The first kappa shape index (κ1) is 11.2. The third-order valence-corrected chi connectivity index (χ3v) is 2.91. The van der Waals surface area contributed by atoms with E-state index in [1.807, 2.05) is 24.3 Å². The van der Waals surface area contributed by atoms with Gasteiger partial charge < -0.3 is 5.43 Å². The van der Waals surface area contributed by atoms with Gasteiger partial charge >= 0.3 is 0 Å². The molecule has 6 heteroatoms. The minimum absolute atomic E-state index is 0.534. The minimum Gasteiger partial charge on any atom is -0.307 e. The second-order valence-corrected chi connectivity index (χ2v) is 4.48. The van der Waals surface area contributed by atoms with E-state index in [1.165, 1.54) is 11.8 Å². The molecule has 0 amide bonds. The van der Waals surface area contributed by atoms with Gasteiger partial charge in [-0.3, -0.25) is 4.98 Å². The van der Waals surface area contributed by atoms with E-state index < -0.39 is 0 Å². The maximum atomic E-state index is 5.89. The van der Waals surface area contributed by atoms with Crippen LogP contribution in [-0.4, -0.2) is 9.97 Å². The maximum Gasteiger partial charge on any atom is 0.159 e. The van der Waals surface area contributed by atoms with Crippen LogP contribution in [0.1, 0.15) is 0 Å². The lowest BCUT2D eigenvalue weighted by atomic mass is 10.4. The Balaban J connectivity index is 2.20. The molecule has 2 aromatic rings. The van der Waals surface area contributed by atoms with E-state index in [1.54, 1.807) is 12.4 Å². The van der Waals surface area contributed by atoms with Crippen LogP contribution >= 0.6 is 23.4 Å². The van der Waals surface area contributed by atoms with E-state index in [-0.39, 0.29) is 0 Å². The molecule has 0 radical (unpaired) electrons. The summed E-state index contributed by atoms with van der Waals surface area (Å²) in [5, 5.41) is 1.46. The number of benzene rings is 1. The molecule has 0 aliphatic carbocycles. The molecule has 0 spiro atoms. The summed E-state index contributed by atoms with van der Waals surface area (Å²) in [5.74, 6) is 5.79. The molecule has 0 aliphatic heterocycles. The molecule has 0 aliphatic rings. The Labute approximate surface area is 102 Å². The number of hydrazine groups is 1. The summed E-state index contributed by atoms with van der Waals surface area (Å²) < 4.78 is 0.